The van der Waals surface area contributed by atoms with E-state index in [1.165, 1.54) is 51.3 Å². The molecule has 25 heavy (non-hydrogen) atoms. The largest absolute Gasteiger partial charge is 0.493 e. The summed E-state index contributed by atoms with van der Waals surface area (Å²) >= 11 is 6.16. The van der Waals surface area contributed by atoms with Gasteiger partial charge in [-0.1, -0.05) is 43.7 Å². The predicted molar refractivity (Wildman–Crippen MR) is 96.2 cm³/mol. The van der Waals surface area contributed by atoms with E-state index in [1.807, 2.05) is 0 Å². The molecule has 138 valence electrons. The number of halogens is 1. The molecule has 0 bridgehead atoms. The van der Waals surface area contributed by atoms with Gasteiger partial charge in [0.2, 0.25) is 0 Å². The van der Waals surface area contributed by atoms with Gasteiger partial charge >= 0.3 is 0 Å². The lowest BCUT2D eigenvalue weighted by atomic mass is 9.87. The van der Waals surface area contributed by atoms with Gasteiger partial charge in [0.1, 0.15) is 0 Å². The zero-order valence-corrected chi connectivity index (χ0v) is 15.2. The van der Waals surface area contributed by atoms with Crippen LogP contribution in [-0.4, -0.2) is 32.1 Å². The maximum Gasteiger partial charge on any atom is 0.255 e. The van der Waals surface area contributed by atoms with E-state index in [9.17, 15) is 9.59 Å². The first-order valence-electron chi connectivity index (χ1n) is 8.58. The fraction of sp³-hybridized carbons (Fsp3) is 0.556. The Morgan fingerprint density at radius 1 is 1.28 bits per heavy atom. The van der Waals surface area contributed by atoms with Gasteiger partial charge in [-0.3, -0.25) is 9.59 Å². The van der Waals surface area contributed by atoms with Crippen LogP contribution in [0.4, 0.5) is 0 Å². The Morgan fingerprint density at radius 2 is 2.00 bits per heavy atom. The minimum absolute atomic E-state index is 0.193. The first-order chi connectivity index (χ1) is 12.0. The van der Waals surface area contributed by atoms with Crippen molar-refractivity contribution >= 4 is 23.4 Å². The average molecular weight is 369 g/mol. The zero-order valence-electron chi connectivity index (χ0n) is 14.5. The molecule has 0 aromatic heterocycles. The number of ether oxygens (including phenoxy) is 2. The summed E-state index contributed by atoms with van der Waals surface area (Å²) in [7, 11) is 1.44. The summed E-state index contributed by atoms with van der Waals surface area (Å²) < 4.78 is 10.5. The second kappa shape index (κ2) is 9.51. The Balaban J connectivity index is 1.96. The van der Waals surface area contributed by atoms with Gasteiger partial charge in [-0.15, -0.1) is 0 Å². The monoisotopic (exact) mass is 368 g/mol. The maximum atomic E-state index is 12.3. The van der Waals surface area contributed by atoms with E-state index in [-0.39, 0.29) is 29.0 Å². The lowest BCUT2D eigenvalue weighted by molar-refractivity contribution is -0.119. The number of nitrogens with two attached hydrogens (primary N) is 1. The van der Waals surface area contributed by atoms with Crippen LogP contribution in [0.1, 0.15) is 48.9 Å². The number of nitrogens with one attached hydrogen (secondary N) is 1. The molecular formula is C18H25ClN2O4. The van der Waals surface area contributed by atoms with E-state index in [1.54, 1.807) is 0 Å². The van der Waals surface area contributed by atoms with Crippen LogP contribution in [0.2, 0.25) is 5.02 Å². The predicted octanol–water partition coefficient (Wildman–Crippen LogP) is 2.91. The number of hydrogen-bond acceptors (Lipinski definition) is 4. The van der Waals surface area contributed by atoms with E-state index >= 15 is 0 Å². The molecule has 0 heterocycles. The van der Waals surface area contributed by atoms with Gasteiger partial charge in [-0.05, 0) is 24.5 Å². The van der Waals surface area contributed by atoms with E-state index in [0.717, 1.165) is 6.42 Å². The third-order valence-electron chi connectivity index (χ3n) is 4.41. The summed E-state index contributed by atoms with van der Waals surface area (Å²) in [5, 5.41) is 3.12. The molecule has 0 saturated heterocycles. The van der Waals surface area contributed by atoms with Crippen molar-refractivity contribution in [2.45, 2.75) is 38.5 Å². The summed E-state index contributed by atoms with van der Waals surface area (Å²) in [6, 6.07) is 3.04. The SMILES string of the molecule is COc1cc(C(=O)NCCC2CCCCC2)cc(Cl)c1OCC(N)=O. The summed E-state index contributed by atoms with van der Waals surface area (Å²) in [5.74, 6) is 0.352. The number of carbonyl (C=O) groups is 2. The summed E-state index contributed by atoms with van der Waals surface area (Å²) in [4.78, 5) is 23.2. The van der Waals surface area contributed by atoms with Gasteiger partial charge in [0.05, 0.1) is 12.1 Å². The molecule has 1 aromatic rings. The normalized spacial score (nSPS) is 14.8. The lowest BCUT2D eigenvalue weighted by Crippen LogP contribution is -2.26. The van der Waals surface area contributed by atoms with Crippen LogP contribution in [0.25, 0.3) is 0 Å². The Labute approximate surface area is 153 Å². The molecule has 2 amide bonds. The van der Waals surface area contributed by atoms with Gasteiger partial charge in [0.15, 0.2) is 18.1 Å². The second-order valence-electron chi connectivity index (χ2n) is 6.29. The number of amides is 2. The first-order valence-corrected chi connectivity index (χ1v) is 8.96. The molecule has 1 aliphatic carbocycles. The van der Waals surface area contributed by atoms with Gasteiger partial charge in [0.25, 0.3) is 11.8 Å². The zero-order chi connectivity index (χ0) is 18.2. The lowest BCUT2D eigenvalue weighted by Gasteiger charge is -2.21. The highest BCUT2D eigenvalue weighted by molar-refractivity contribution is 6.32. The number of carbonyl (C=O) groups excluding carboxylic acids is 2. The smallest absolute Gasteiger partial charge is 0.255 e. The molecule has 7 heteroatoms. The fourth-order valence-corrected chi connectivity index (χ4v) is 3.37. The molecule has 6 nitrogen and oxygen atoms in total. The third kappa shape index (κ3) is 5.81. The number of methoxy groups -OCH3 is 1. The molecule has 1 aromatic carbocycles. The van der Waals surface area contributed by atoms with Crippen LogP contribution in [-0.2, 0) is 4.79 Å². The molecule has 0 unspecified atom stereocenters. The van der Waals surface area contributed by atoms with Crippen molar-refractivity contribution in [3.8, 4) is 11.5 Å². The Hall–Kier alpha value is -1.95. The van der Waals surface area contributed by atoms with Crippen molar-refractivity contribution in [3.05, 3.63) is 22.7 Å². The highest BCUT2D eigenvalue weighted by Crippen LogP contribution is 2.36. The third-order valence-corrected chi connectivity index (χ3v) is 4.69. The summed E-state index contributed by atoms with van der Waals surface area (Å²) in [6.45, 7) is 0.326. The van der Waals surface area contributed by atoms with Crippen molar-refractivity contribution in [1.29, 1.82) is 0 Å². The van der Waals surface area contributed by atoms with Gasteiger partial charge in [-0.25, -0.2) is 0 Å². The fourth-order valence-electron chi connectivity index (χ4n) is 3.10. The highest BCUT2D eigenvalue weighted by atomic mass is 35.5. The van der Waals surface area contributed by atoms with Crippen molar-refractivity contribution in [2.24, 2.45) is 11.7 Å². The van der Waals surface area contributed by atoms with Crippen LogP contribution in [0.3, 0.4) is 0 Å². The number of rotatable bonds is 8. The molecule has 0 atom stereocenters. The molecule has 0 spiro atoms. The minimum atomic E-state index is -0.623. The molecule has 2 rings (SSSR count). The van der Waals surface area contributed by atoms with Gasteiger partial charge in [-0.2, -0.15) is 0 Å². The van der Waals surface area contributed by atoms with Crippen LogP contribution >= 0.6 is 11.6 Å². The molecular weight excluding hydrogens is 344 g/mol. The number of primary amides is 1. The van der Waals surface area contributed by atoms with E-state index in [2.05, 4.69) is 5.32 Å². The van der Waals surface area contributed by atoms with Gasteiger partial charge in [0, 0.05) is 12.1 Å². The highest BCUT2D eigenvalue weighted by Gasteiger charge is 2.17. The molecule has 1 fully saturated rings. The van der Waals surface area contributed by atoms with Gasteiger partial charge < -0.3 is 20.5 Å². The quantitative estimate of drug-likeness (QED) is 0.738. The Kier molecular flexibility index (Phi) is 7.37. The van der Waals surface area contributed by atoms with Crippen molar-refractivity contribution in [1.82, 2.24) is 5.32 Å². The topological polar surface area (TPSA) is 90.7 Å². The Morgan fingerprint density at radius 3 is 2.64 bits per heavy atom. The summed E-state index contributed by atoms with van der Waals surface area (Å²) in [5.41, 5.74) is 5.45. The summed E-state index contributed by atoms with van der Waals surface area (Å²) in [6.07, 6.45) is 7.40. The van der Waals surface area contributed by atoms with Crippen LogP contribution < -0.4 is 20.5 Å². The molecule has 1 saturated carbocycles. The second-order valence-corrected chi connectivity index (χ2v) is 6.70. The van der Waals surface area contributed by atoms with E-state index in [0.29, 0.717) is 18.0 Å². The standard InChI is InChI=1S/C18H25ClN2O4/c1-24-15-10-13(9-14(19)17(15)25-11-16(20)22)18(23)21-8-7-12-5-3-2-4-6-12/h9-10,12H,2-8,11H2,1H3,(H2,20,22)(H,21,23). The van der Waals surface area contributed by atoms with Crippen molar-refractivity contribution in [2.75, 3.05) is 20.3 Å². The molecule has 1 aliphatic rings. The Bertz CT molecular complexity index is 615. The van der Waals surface area contributed by atoms with Crippen molar-refractivity contribution < 1.29 is 19.1 Å². The molecule has 0 aliphatic heterocycles. The molecule has 3 N–H and O–H groups in total. The molecule has 0 radical (unpaired) electrons. The van der Waals surface area contributed by atoms with Crippen LogP contribution in [0.15, 0.2) is 12.1 Å². The van der Waals surface area contributed by atoms with E-state index in [4.69, 9.17) is 26.8 Å². The van der Waals surface area contributed by atoms with Crippen LogP contribution in [0.5, 0.6) is 11.5 Å². The average Bonchev–Trinajstić information content (AvgIpc) is 2.60. The van der Waals surface area contributed by atoms with Crippen LogP contribution in [0, 0.1) is 5.92 Å². The first kappa shape index (κ1) is 19.4. The maximum absolute atomic E-state index is 12.3. The van der Waals surface area contributed by atoms with Crippen molar-refractivity contribution in [3.63, 3.8) is 0 Å². The number of benzene rings is 1. The minimum Gasteiger partial charge on any atom is -0.493 e. The van der Waals surface area contributed by atoms with E-state index < -0.39 is 5.91 Å². The number of hydrogen-bond donors (Lipinski definition) is 2.